The second-order valence-electron chi connectivity index (χ2n) is 6.49. The Morgan fingerprint density at radius 2 is 1.72 bits per heavy atom. The highest BCUT2D eigenvalue weighted by molar-refractivity contribution is 7.92. The number of sulfonamides is 1. The molecular formula is C19H22N2O3S. The number of nitrogens with one attached hydrogen (secondary N) is 1. The predicted octanol–water partition coefficient (Wildman–Crippen LogP) is 3.74. The molecule has 0 aromatic heterocycles. The van der Waals surface area contributed by atoms with Crippen molar-refractivity contribution >= 4 is 27.3 Å². The summed E-state index contributed by atoms with van der Waals surface area (Å²) in [6.45, 7) is 4.73. The molecule has 0 saturated carbocycles. The van der Waals surface area contributed by atoms with E-state index in [1.54, 1.807) is 35.2 Å². The number of rotatable bonds is 5. The van der Waals surface area contributed by atoms with Crippen LogP contribution in [0.4, 0.5) is 11.4 Å². The number of carbonyl (C=O) groups is 1. The van der Waals surface area contributed by atoms with Crippen LogP contribution < -0.4 is 9.62 Å². The van der Waals surface area contributed by atoms with Gasteiger partial charge >= 0.3 is 0 Å². The molecular weight excluding hydrogens is 336 g/mol. The van der Waals surface area contributed by atoms with Gasteiger partial charge in [-0.05, 0) is 48.2 Å². The molecule has 1 fully saturated rings. The van der Waals surface area contributed by atoms with Crippen LogP contribution >= 0.6 is 0 Å². The number of benzene rings is 2. The molecule has 2 aromatic rings. The van der Waals surface area contributed by atoms with E-state index in [1.165, 1.54) is 0 Å². The third-order valence-electron chi connectivity index (χ3n) is 4.36. The lowest BCUT2D eigenvalue weighted by molar-refractivity contribution is -0.117. The van der Waals surface area contributed by atoms with Crippen molar-refractivity contribution in [3.8, 4) is 0 Å². The van der Waals surface area contributed by atoms with E-state index in [4.69, 9.17) is 0 Å². The maximum absolute atomic E-state index is 12.7. The minimum atomic E-state index is -3.68. The van der Waals surface area contributed by atoms with E-state index in [9.17, 15) is 13.2 Å². The summed E-state index contributed by atoms with van der Waals surface area (Å²) in [5.41, 5.74) is 2.28. The monoisotopic (exact) mass is 358 g/mol. The molecule has 0 atom stereocenters. The van der Waals surface area contributed by atoms with Gasteiger partial charge < -0.3 is 4.90 Å². The molecule has 5 nitrogen and oxygen atoms in total. The molecule has 0 radical (unpaired) electrons. The largest absolute Gasteiger partial charge is 0.312 e. The minimum Gasteiger partial charge on any atom is -0.312 e. The smallest absolute Gasteiger partial charge is 0.261 e. The van der Waals surface area contributed by atoms with E-state index in [2.05, 4.69) is 4.72 Å². The van der Waals surface area contributed by atoms with Gasteiger partial charge in [0.2, 0.25) is 5.91 Å². The van der Waals surface area contributed by atoms with Crippen LogP contribution in [0.1, 0.15) is 38.2 Å². The van der Waals surface area contributed by atoms with Gasteiger partial charge in [-0.15, -0.1) is 0 Å². The van der Waals surface area contributed by atoms with E-state index in [0.29, 0.717) is 18.7 Å². The van der Waals surface area contributed by atoms with Gasteiger partial charge in [-0.3, -0.25) is 9.52 Å². The first-order valence-electron chi connectivity index (χ1n) is 8.40. The first-order valence-corrected chi connectivity index (χ1v) is 9.89. The standard InChI is InChI=1S/C19H22N2O3S/c1-14(2)17-6-3-4-7-18(17)20-25(23,24)16-11-9-15(10-12-16)21-13-5-8-19(21)22/h3-4,6-7,9-12,14,20H,5,8,13H2,1-2H3. The summed E-state index contributed by atoms with van der Waals surface area (Å²) in [5, 5.41) is 0. The van der Waals surface area contributed by atoms with Crippen molar-refractivity contribution in [1.82, 2.24) is 0 Å². The zero-order valence-electron chi connectivity index (χ0n) is 14.4. The molecule has 6 heteroatoms. The van der Waals surface area contributed by atoms with Crippen molar-refractivity contribution in [2.45, 2.75) is 37.5 Å². The maximum Gasteiger partial charge on any atom is 0.261 e. The highest BCUT2D eigenvalue weighted by Crippen LogP contribution is 2.27. The SMILES string of the molecule is CC(C)c1ccccc1NS(=O)(=O)c1ccc(N2CCCC2=O)cc1. The lowest BCUT2D eigenvalue weighted by Crippen LogP contribution is -2.23. The highest BCUT2D eigenvalue weighted by Gasteiger charge is 2.22. The lowest BCUT2D eigenvalue weighted by atomic mass is 10.0. The highest BCUT2D eigenvalue weighted by atomic mass is 32.2. The van der Waals surface area contributed by atoms with Crippen LogP contribution in [0.2, 0.25) is 0 Å². The Bertz CT molecular complexity index is 874. The molecule has 3 rings (SSSR count). The fraction of sp³-hybridized carbons (Fsp3) is 0.316. The fourth-order valence-corrected chi connectivity index (χ4v) is 4.11. The van der Waals surface area contributed by atoms with Crippen molar-refractivity contribution in [3.63, 3.8) is 0 Å². The van der Waals surface area contributed by atoms with Gasteiger partial charge in [-0.1, -0.05) is 32.0 Å². The second kappa shape index (κ2) is 6.88. The fourth-order valence-electron chi connectivity index (χ4n) is 3.02. The normalized spacial score (nSPS) is 15.0. The van der Waals surface area contributed by atoms with Crippen molar-refractivity contribution in [2.75, 3.05) is 16.2 Å². The number of nitrogens with zero attached hydrogens (tertiary/aromatic N) is 1. The van der Waals surface area contributed by atoms with Gasteiger partial charge in [0.25, 0.3) is 10.0 Å². The Hall–Kier alpha value is -2.34. The molecule has 25 heavy (non-hydrogen) atoms. The zero-order valence-corrected chi connectivity index (χ0v) is 15.2. The molecule has 0 unspecified atom stereocenters. The van der Waals surface area contributed by atoms with Gasteiger partial charge in [0.15, 0.2) is 0 Å². The summed E-state index contributed by atoms with van der Waals surface area (Å²) in [6, 6.07) is 13.9. The van der Waals surface area contributed by atoms with Crippen LogP contribution in [0.25, 0.3) is 0 Å². The Kier molecular flexibility index (Phi) is 4.81. The van der Waals surface area contributed by atoms with Crippen LogP contribution in [0, 0.1) is 0 Å². The molecule has 0 spiro atoms. The Balaban J connectivity index is 1.84. The number of anilines is 2. The molecule has 1 N–H and O–H groups in total. The molecule has 1 saturated heterocycles. The summed E-state index contributed by atoms with van der Waals surface area (Å²) in [6.07, 6.45) is 1.39. The molecule has 0 aliphatic carbocycles. The van der Waals surface area contributed by atoms with Crippen molar-refractivity contribution in [2.24, 2.45) is 0 Å². The van der Waals surface area contributed by atoms with Gasteiger partial charge in [0.1, 0.15) is 0 Å². The average molecular weight is 358 g/mol. The first kappa shape index (κ1) is 17.5. The zero-order chi connectivity index (χ0) is 18.0. The second-order valence-corrected chi connectivity index (χ2v) is 8.17. The third-order valence-corrected chi connectivity index (χ3v) is 5.74. The summed E-state index contributed by atoms with van der Waals surface area (Å²) in [7, 11) is -3.68. The summed E-state index contributed by atoms with van der Waals surface area (Å²) in [4.78, 5) is 13.7. The quantitative estimate of drug-likeness (QED) is 0.885. The topological polar surface area (TPSA) is 66.5 Å². The Morgan fingerprint density at radius 1 is 1.04 bits per heavy atom. The van der Waals surface area contributed by atoms with Crippen LogP contribution in [0.5, 0.6) is 0 Å². The molecule has 1 amide bonds. The van der Waals surface area contributed by atoms with Gasteiger partial charge in [-0.2, -0.15) is 0 Å². The van der Waals surface area contributed by atoms with E-state index in [0.717, 1.165) is 17.7 Å². The average Bonchev–Trinajstić information content (AvgIpc) is 3.01. The summed E-state index contributed by atoms with van der Waals surface area (Å²) in [5.74, 6) is 0.294. The van der Waals surface area contributed by atoms with Crippen LogP contribution in [0.3, 0.4) is 0 Å². The third kappa shape index (κ3) is 3.69. The summed E-state index contributed by atoms with van der Waals surface area (Å²) >= 11 is 0. The van der Waals surface area contributed by atoms with Crippen LogP contribution in [-0.2, 0) is 14.8 Å². The molecule has 1 aliphatic rings. The molecule has 132 valence electrons. The number of para-hydroxylation sites is 1. The maximum atomic E-state index is 12.7. The molecule has 1 aliphatic heterocycles. The number of amides is 1. The Labute approximate surface area is 148 Å². The first-order chi connectivity index (χ1) is 11.9. The van der Waals surface area contributed by atoms with Gasteiger partial charge in [0, 0.05) is 18.7 Å². The lowest BCUT2D eigenvalue weighted by Gasteiger charge is -2.17. The van der Waals surface area contributed by atoms with Crippen molar-refractivity contribution < 1.29 is 13.2 Å². The molecule has 0 bridgehead atoms. The van der Waals surface area contributed by atoms with Crippen molar-refractivity contribution in [3.05, 3.63) is 54.1 Å². The molecule has 2 aromatic carbocycles. The minimum absolute atomic E-state index is 0.0830. The van der Waals surface area contributed by atoms with Crippen molar-refractivity contribution in [1.29, 1.82) is 0 Å². The van der Waals surface area contributed by atoms with E-state index < -0.39 is 10.0 Å². The Morgan fingerprint density at radius 3 is 2.32 bits per heavy atom. The number of hydrogen-bond donors (Lipinski definition) is 1. The van der Waals surface area contributed by atoms with E-state index >= 15 is 0 Å². The van der Waals surface area contributed by atoms with E-state index in [-0.39, 0.29) is 16.7 Å². The number of hydrogen-bond acceptors (Lipinski definition) is 3. The number of carbonyl (C=O) groups excluding carboxylic acids is 1. The molecule has 1 heterocycles. The van der Waals surface area contributed by atoms with Gasteiger partial charge in [0.05, 0.1) is 10.6 Å². The van der Waals surface area contributed by atoms with Crippen LogP contribution in [-0.4, -0.2) is 20.9 Å². The van der Waals surface area contributed by atoms with Crippen LogP contribution in [0.15, 0.2) is 53.4 Å². The van der Waals surface area contributed by atoms with Gasteiger partial charge in [-0.25, -0.2) is 8.42 Å². The summed E-state index contributed by atoms with van der Waals surface area (Å²) < 4.78 is 28.0. The predicted molar refractivity (Wildman–Crippen MR) is 99.4 cm³/mol. The van der Waals surface area contributed by atoms with E-state index in [1.807, 2.05) is 32.0 Å².